The Balaban J connectivity index is 4.78. The Hall–Kier alpha value is -1.26. The van der Waals surface area contributed by atoms with Crippen molar-refractivity contribution in [3.05, 3.63) is 0 Å². The molecule has 0 aromatic carbocycles. The van der Waals surface area contributed by atoms with Crippen molar-refractivity contribution in [3.63, 3.8) is 0 Å². The van der Waals surface area contributed by atoms with Crippen LogP contribution in [0.4, 0.5) is 0 Å². The van der Waals surface area contributed by atoms with Crippen molar-refractivity contribution in [2.24, 2.45) is 5.90 Å². The van der Waals surface area contributed by atoms with E-state index in [1.807, 2.05) is 5.32 Å². The molecular weight excluding hydrogens is 236 g/mol. The zero-order chi connectivity index (χ0) is 13.6. The highest BCUT2D eigenvalue weighted by molar-refractivity contribution is 5.83. The largest absolute Gasteiger partial charge is 0.394 e. The maximum Gasteiger partial charge on any atom is 0.349 e. The summed E-state index contributed by atoms with van der Waals surface area (Å²) in [5.41, 5.74) is 0. The highest BCUT2D eigenvalue weighted by Crippen LogP contribution is 2.06. The number of carbonyl (C=O) groups excluding carboxylic acids is 2. The maximum absolute atomic E-state index is 11.1. The molecule has 0 aliphatic heterocycles. The molecule has 0 spiro atoms. The highest BCUT2D eigenvalue weighted by atomic mass is 16.7. The molecule has 0 aromatic heterocycles. The summed E-state index contributed by atoms with van der Waals surface area (Å²) in [5, 5.41) is 38.5. The van der Waals surface area contributed by atoms with E-state index in [9.17, 15) is 19.8 Å². The first kappa shape index (κ1) is 15.7. The molecule has 0 saturated heterocycles. The van der Waals surface area contributed by atoms with E-state index in [0.29, 0.717) is 0 Å². The van der Waals surface area contributed by atoms with Gasteiger partial charge in [-0.3, -0.25) is 4.79 Å². The number of nitrogens with two attached hydrogens (primary N) is 1. The molecule has 0 heterocycles. The molecule has 0 radical (unpaired) electrons. The van der Waals surface area contributed by atoms with Gasteiger partial charge in [0.25, 0.3) is 0 Å². The number of amides is 1. The first-order valence-corrected chi connectivity index (χ1v) is 4.67. The molecule has 7 N–H and O–H groups in total. The Morgan fingerprint density at radius 1 is 1.29 bits per heavy atom. The fraction of sp³-hybridized carbons (Fsp3) is 0.750. The lowest BCUT2D eigenvalue weighted by Crippen LogP contribution is -2.56. The lowest BCUT2D eigenvalue weighted by atomic mass is 10.0. The van der Waals surface area contributed by atoms with Crippen LogP contribution >= 0.6 is 0 Å². The minimum Gasteiger partial charge on any atom is -0.394 e. The van der Waals surface area contributed by atoms with E-state index < -0.39 is 42.8 Å². The van der Waals surface area contributed by atoms with Crippen LogP contribution in [0, 0.1) is 0 Å². The predicted molar refractivity (Wildman–Crippen MR) is 53.0 cm³/mol. The summed E-state index contributed by atoms with van der Waals surface area (Å²) in [4.78, 5) is 25.7. The molecule has 0 bridgehead atoms. The predicted octanol–water partition coefficient (Wildman–Crippen LogP) is -4.02. The first-order chi connectivity index (χ1) is 7.84. The van der Waals surface area contributed by atoms with Gasteiger partial charge in [-0.05, 0) is 0 Å². The summed E-state index contributed by atoms with van der Waals surface area (Å²) >= 11 is 0. The van der Waals surface area contributed by atoms with Crippen LogP contribution in [0.5, 0.6) is 0 Å². The molecule has 0 rings (SSSR count). The van der Waals surface area contributed by atoms with Gasteiger partial charge in [0.05, 0.1) is 6.61 Å². The summed E-state index contributed by atoms with van der Waals surface area (Å²) in [6.45, 7) is 0.237. The van der Waals surface area contributed by atoms with Crippen LogP contribution in [-0.2, 0) is 14.4 Å². The molecule has 0 fully saturated rings. The Kier molecular flexibility index (Phi) is 6.61. The van der Waals surface area contributed by atoms with E-state index in [1.54, 1.807) is 0 Å². The van der Waals surface area contributed by atoms with Crippen molar-refractivity contribution in [3.8, 4) is 0 Å². The molecule has 1 amide bonds. The van der Waals surface area contributed by atoms with Gasteiger partial charge in [0.2, 0.25) is 5.91 Å². The number of rotatable bonds is 6. The fourth-order valence-corrected chi connectivity index (χ4v) is 1.11. The summed E-state index contributed by atoms with van der Waals surface area (Å²) in [7, 11) is 0. The van der Waals surface area contributed by atoms with Gasteiger partial charge in [-0.25, -0.2) is 4.79 Å². The van der Waals surface area contributed by atoms with Gasteiger partial charge < -0.3 is 30.6 Å². The summed E-state index contributed by atoms with van der Waals surface area (Å²) in [5.74, 6) is 2.72. The minimum atomic E-state index is -1.88. The molecule has 4 atom stereocenters. The maximum atomic E-state index is 11.1. The topological polar surface area (TPSA) is 162 Å². The van der Waals surface area contributed by atoms with E-state index in [-0.39, 0.29) is 0 Å². The van der Waals surface area contributed by atoms with Crippen molar-refractivity contribution < 1.29 is 34.9 Å². The number of nitrogens with one attached hydrogen (secondary N) is 1. The Morgan fingerprint density at radius 3 is 2.18 bits per heavy atom. The standard InChI is InChI=1S/C8H16N2O7/c1-3(12)10-5(8(16)17-9)7(15)6(14)4(13)2-11/h4-7,11,13-15H,2,9H2,1H3,(H,10,12)/t4-,5-,6+,7-/m1/s1. The van der Waals surface area contributed by atoms with Crippen LogP contribution in [0.2, 0.25) is 0 Å². The van der Waals surface area contributed by atoms with Gasteiger partial charge in [0, 0.05) is 6.92 Å². The molecule has 17 heavy (non-hydrogen) atoms. The minimum absolute atomic E-state index is 0.676. The van der Waals surface area contributed by atoms with Crippen LogP contribution in [0.3, 0.4) is 0 Å². The smallest absolute Gasteiger partial charge is 0.349 e. The SMILES string of the molecule is CC(=O)N[C@@H](C(=O)ON)[C@@H](O)[C@@H](O)[C@H](O)CO. The van der Waals surface area contributed by atoms with Crippen LogP contribution < -0.4 is 11.2 Å². The van der Waals surface area contributed by atoms with Crippen LogP contribution in [-0.4, -0.2) is 63.3 Å². The van der Waals surface area contributed by atoms with Gasteiger partial charge in [-0.15, -0.1) is 0 Å². The average molecular weight is 252 g/mol. The van der Waals surface area contributed by atoms with Gasteiger partial charge in [-0.2, -0.15) is 5.90 Å². The van der Waals surface area contributed by atoms with Gasteiger partial charge >= 0.3 is 5.97 Å². The normalized spacial score (nSPS) is 17.8. The second-order valence-electron chi connectivity index (χ2n) is 3.35. The Bertz CT molecular complexity index is 273. The molecule has 0 aliphatic rings. The second kappa shape index (κ2) is 7.14. The number of aliphatic hydroxyl groups is 4. The molecular formula is C8H16N2O7. The fourth-order valence-electron chi connectivity index (χ4n) is 1.11. The zero-order valence-corrected chi connectivity index (χ0v) is 9.11. The van der Waals surface area contributed by atoms with Crippen LogP contribution in [0.15, 0.2) is 0 Å². The molecule has 9 nitrogen and oxygen atoms in total. The summed E-state index contributed by atoms with van der Waals surface area (Å²) in [6, 6.07) is -1.64. The van der Waals surface area contributed by atoms with Gasteiger partial charge in [-0.1, -0.05) is 0 Å². The van der Waals surface area contributed by atoms with Crippen LogP contribution in [0.25, 0.3) is 0 Å². The molecule has 0 aromatic rings. The van der Waals surface area contributed by atoms with Crippen molar-refractivity contribution in [2.45, 2.75) is 31.3 Å². The molecule has 0 aliphatic carbocycles. The van der Waals surface area contributed by atoms with E-state index >= 15 is 0 Å². The van der Waals surface area contributed by atoms with E-state index in [2.05, 4.69) is 10.7 Å². The van der Waals surface area contributed by atoms with Crippen molar-refractivity contribution >= 4 is 11.9 Å². The summed E-state index contributed by atoms with van der Waals surface area (Å²) < 4.78 is 0. The second-order valence-corrected chi connectivity index (χ2v) is 3.35. The quantitative estimate of drug-likeness (QED) is 0.260. The number of hydrogen-bond donors (Lipinski definition) is 6. The monoisotopic (exact) mass is 252 g/mol. The third kappa shape index (κ3) is 4.63. The summed E-state index contributed by atoms with van der Waals surface area (Å²) in [6.07, 6.45) is -5.40. The van der Waals surface area contributed by atoms with Gasteiger partial charge in [0.15, 0.2) is 6.04 Å². The average Bonchev–Trinajstić information content (AvgIpc) is 2.31. The number of carbonyl (C=O) groups is 2. The highest BCUT2D eigenvalue weighted by Gasteiger charge is 2.37. The number of hydrogen-bond acceptors (Lipinski definition) is 8. The Labute approximate surface area is 96.8 Å². The third-order valence-electron chi connectivity index (χ3n) is 2.00. The molecule has 0 saturated carbocycles. The molecule has 0 unspecified atom stereocenters. The molecule has 100 valence electrons. The van der Waals surface area contributed by atoms with E-state index in [0.717, 1.165) is 6.92 Å². The lowest BCUT2D eigenvalue weighted by Gasteiger charge is -2.27. The van der Waals surface area contributed by atoms with E-state index in [1.165, 1.54) is 0 Å². The van der Waals surface area contributed by atoms with E-state index in [4.69, 9.17) is 10.2 Å². The van der Waals surface area contributed by atoms with Crippen molar-refractivity contribution in [1.82, 2.24) is 5.32 Å². The lowest BCUT2D eigenvalue weighted by molar-refractivity contribution is -0.157. The van der Waals surface area contributed by atoms with Crippen LogP contribution in [0.1, 0.15) is 6.92 Å². The zero-order valence-electron chi connectivity index (χ0n) is 9.11. The first-order valence-electron chi connectivity index (χ1n) is 4.67. The Morgan fingerprint density at radius 2 is 1.82 bits per heavy atom. The van der Waals surface area contributed by atoms with Crippen molar-refractivity contribution in [2.75, 3.05) is 6.61 Å². The van der Waals surface area contributed by atoms with Crippen molar-refractivity contribution in [1.29, 1.82) is 0 Å². The third-order valence-corrected chi connectivity index (χ3v) is 2.00. The molecule has 9 heteroatoms. The number of aliphatic hydroxyl groups excluding tert-OH is 4. The van der Waals surface area contributed by atoms with Gasteiger partial charge in [0.1, 0.15) is 18.3 Å².